The van der Waals surface area contributed by atoms with Crippen molar-refractivity contribution >= 4 is 5.69 Å². The highest BCUT2D eigenvalue weighted by molar-refractivity contribution is 5.45. The fourth-order valence-corrected chi connectivity index (χ4v) is 2.09. The van der Waals surface area contributed by atoms with E-state index in [1.807, 2.05) is 61.5 Å². The van der Waals surface area contributed by atoms with Crippen molar-refractivity contribution in [1.29, 1.82) is 0 Å². The summed E-state index contributed by atoms with van der Waals surface area (Å²) in [5.74, 6) is 0. The van der Waals surface area contributed by atoms with Crippen molar-refractivity contribution in [3.05, 3.63) is 53.8 Å². The van der Waals surface area contributed by atoms with Gasteiger partial charge in [0.15, 0.2) is 0 Å². The summed E-state index contributed by atoms with van der Waals surface area (Å²) in [6.07, 6.45) is 4.61. The second-order valence-electron chi connectivity index (χ2n) is 5.17. The minimum atomic E-state index is -0.448. The standard InChI is InChI=1S/C15H22N4/c1-19(2)15(17)9-8-14(16)12(10-15)11-18-13-6-4-3-5-7-13/h3-9,18H,10-11,16-17H2,1-2H3. The predicted molar refractivity (Wildman–Crippen MR) is 80.5 cm³/mol. The molecular weight excluding hydrogens is 236 g/mol. The van der Waals surface area contributed by atoms with Crippen LogP contribution < -0.4 is 16.8 Å². The Labute approximate surface area is 114 Å². The van der Waals surface area contributed by atoms with Crippen molar-refractivity contribution < 1.29 is 0 Å². The molecule has 0 amide bonds. The van der Waals surface area contributed by atoms with Crippen LogP contribution in [0.25, 0.3) is 0 Å². The van der Waals surface area contributed by atoms with Crippen LogP contribution in [0.4, 0.5) is 5.69 Å². The fraction of sp³-hybridized carbons (Fsp3) is 0.333. The summed E-state index contributed by atoms with van der Waals surface area (Å²) < 4.78 is 0. The number of anilines is 1. The van der Waals surface area contributed by atoms with E-state index in [1.54, 1.807) is 0 Å². The average Bonchev–Trinajstić information content (AvgIpc) is 2.41. The van der Waals surface area contributed by atoms with E-state index in [-0.39, 0.29) is 0 Å². The molecule has 0 aromatic heterocycles. The fourth-order valence-electron chi connectivity index (χ4n) is 2.09. The molecule has 0 saturated heterocycles. The van der Waals surface area contributed by atoms with E-state index < -0.39 is 5.66 Å². The van der Waals surface area contributed by atoms with Crippen molar-refractivity contribution in [2.75, 3.05) is 26.0 Å². The molecule has 0 bridgehead atoms. The van der Waals surface area contributed by atoms with Crippen molar-refractivity contribution in [2.45, 2.75) is 12.1 Å². The number of nitrogens with one attached hydrogen (secondary N) is 1. The van der Waals surface area contributed by atoms with Crippen LogP contribution in [0.1, 0.15) is 6.42 Å². The van der Waals surface area contributed by atoms with E-state index in [2.05, 4.69) is 5.32 Å². The van der Waals surface area contributed by atoms with Gasteiger partial charge in [0.25, 0.3) is 0 Å². The average molecular weight is 258 g/mol. The number of allylic oxidation sites excluding steroid dienone is 1. The number of hydrogen-bond donors (Lipinski definition) is 3. The lowest BCUT2D eigenvalue weighted by Gasteiger charge is -2.37. The summed E-state index contributed by atoms with van der Waals surface area (Å²) in [6.45, 7) is 0.715. The quantitative estimate of drug-likeness (QED) is 0.716. The molecule has 4 nitrogen and oxygen atoms in total. The summed E-state index contributed by atoms with van der Waals surface area (Å²) in [5.41, 5.74) is 15.0. The Morgan fingerprint density at radius 2 is 1.95 bits per heavy atom. The van der Waals surface area contributed by atoms with E-state index in [4.69, 9.17) is 11.5 Å². The number of nitrogens with zero attached hydrogens (tertiary/aromatic N) is 1. The van der Waals surface area contributed by atoms with Gasteiger partial charge < -0.3 is 16.8 Å². The van der Waals surface area contributed by atoms with E-state index in [0.717, 1.165) is 23.4 Å². The van der Waals surface area contributed by atoms with Crippen LogP contribution in [0.2, 0.25) is 0 Å². The molecule has 5 N–H and O–H groups in total. The van der Waals surface area contributed by atoms with Gasteiger partial charge in [0, 0.05) is 24.4 Å². The first-order chi connectivity index (χ1) is 9.01. The molecule has 1 aliphatic rings. The monoisotopic (exact) mass is 258 g/mol. The van der Waals surface area contributed by atoms with Gasteiger partial charge in [0.1, 0.15) is 0 Å². The highest BCUT2D eigenvalue weighted by Crippen LogP contribution is 2.25. The number of rotatable bonds is 4. The van der Waals surface area contributed by atoms with Gasteiger partial charge in [-0.2, -0.15) is 0 Å². The van der Waals surface area contributed by atoms with Gasteiger partial charge in [0.2, 0.25) is 0 Å². The lowest BCUT2D eigenvalue weighted by atomic mass is 9.92. The SMILES string of the molecule is CN(C)C1(N)C=CC(N)=C(CNc2ccccc2)C1. The van der Waals surface area contributed by atoms with Crippen molar-refractivity contribution in [1.82, 2.24) is 4.90 Å². The van der Waals surface area contributed by atoms with Crippen molar-refractivity contribution in [2.24, 2.45) is 11.5 Å². The first kappa shape index (κ1) is 13.6. The molecule has 1 aromatic rings. The topological polar surface area (TPSA) is 67.3 Å². The first-order valence-electron chi connectivity index (χ1n) is 6.43. The third-order valence-electron chi connectivity index (χ3n) is 3.57. The third-order valence-corrected chi connectivity index (χ3v) is 3.57. The zero-order chi connectivity index (χ0) is 13.9. The van der Waals surface area contributed by atoms with Crippen LogP contribution in [-0.2, 0) is 0 Å². The highest BCUT2D eigenvalue weighted by atomic mass is 15.2. The molecule has 0 spiro atoms. The van der Waals surface area contributed by atoms with Crippen molar-refractivity contribution in [3.8, 4) is 0 Å². The Morgan fingerprint density at radius 3 is 2.58 bits per heavy atom. The number of nitrogens with two attached hydrogens (primary N) is 2. The lowest BCUT2D eigenvalue weighted by molar-refractivity contribution is 0.210. The molecule has 0 radical (unpaired) electrons. The number of likely N-dealkylation sites (N-methyl/N-ethyl adjacent to an activating group) is 1. The zero-order valence-electron chi connectivity index (χ0n) is 11.6. The largest absolute Gasteiger partial charge is 0.399 e. The molecule has 2 rings (SSSR count). The second-order valence-corrected chi connectivity index (χ2v) is 5.17. The number of hydrogen-bond acceptors (Lipinski definition) is 4. The molecule has 1 unspecified atom stereocenters. The smallest absolute Gasteiger partial charge is 0.0917 e. The van der Waals surface area contributed by atoms with E-state index >= 15 is 0 Å². The molecule has 19 heavy (non-hydrogen) atoms. The highest BCUT2D eigenvalue weighted by Gasteiger charge is 2.29. The third kappa shape index (κ3) is 3.16. The van der Waals surface area contributed by atoms with Crippen molar-refractivity contribution in [3.63, 3.8) is 0 Å². The summed E-state index contributed by atoms with van der Waals surface area (Å²) in [7, 11) is 3.96. The number of benzene rings is 1. The van der Waals surface area contributed by atoms with Gasteiger partial charge in [-0.15, -0.1) is 0 Å². The predicted octanol–water partition coefficient (Wildman–Crippen LogP) is 1.49. The summed E-state index contributed by atoms with van der Waals surface area (Å²) in [4.78, 5) is 2.01. The Hall–Kier alpha value is -1.78. The maximum absolute atomic E-state index is 6.35. The van der Waals surface area contributed by atoms with Gasteiger partial charge in [-0.25, -0.2) is 0 Å². The zero-order valence-corrected chi connectivity index (χ0v) is 11.6. The maximum Gasteiger partial charge on any atom is 0.0917 e. The van der Waals surface area contributed by atoms with Crippen LogP contribution in [0.15, 0.2) is 53.8 Å². The maximum atomic E-state index is 6.35. The minimum absolute atomic E-state index is 0.448. The van der Waals surface area contributed by atoms with Gasteiger partial charge in [-0.3, -0.25) is 4.90 Å². The lowest BCUT2D eigenvalue weighted by Crippen LogP contribution is -2.52. The molecule has 4 heteroatoms. The van der Waals surface area contributed by atoms with Crippen LogP contribution in [-0.4, -0.2) is 31.2 Å². The first-order valence-corrected chi connectivity index (χ1v) is 6.43. The molecule has 0 aliphatic heterocycles. The Balaban J connectivity index is 2.05. The van der Waals surface area contributed by atoms with Gasteiger partial charge in [-0.1, -0.05) is 18.2 Å². The summed E-state index contributed by atoms with van der Waals surface area (Å²) in [5, 5.41) is 3.38. The molecular formula is C15H22N4. The molecule has 0 fully saturated rings. The Morgan fingerprint density at radius 1 is 1.26 bits per heavy atom. The summed E-state index contributed by atoms with van der Waals surface area (Å²) in [6, 6.07) is 10.1. The molecule has 102 valence electrons. The van der Waals surface area contributed by atoms with E-state index in [9.17, 15) is 0 Å². The Kier molecular flexibility index (Phi) is 3.93. The van der Waals surface area contributed by atoms with Crippen LogP contribution >= 0.6 is 0 Å². The van der Waals surface area contributed by atoms with Crippen LogP contribution in [0.3, 0.4) is 0 Å². The Bertz CT molecular complexity index is 490. The van der Waals surface area contributed by atoms with E-state index in [1.165, 1.54) is 0 Å². The molecule has 0 heterocycles. The van der Waals surface area contributed by atoms with Gasteiger partial charge >= 0.3 is 0 Å². The molecule has 1 aromatic carbocycles. The number of para-hydroxylation sites is 1. The van der Waals surface area contributed by atoms with E-state index in [0.29, 0.717) is 6.54 Å². The minimum Gasteiger partial charge on any atom is -0.399 e. The molecule has 1 aliphatic carbocycles. The van der Waals surface area contributed by atoms with Crippen LogP contribution in [0, 0.1) is 0 Å². The van der Waals surface area contributed by atoms with Gasteiger partial charge in [-0.05, 0) is 44.0 Å². The molecule has 1 atom stereocenters. The summed E-state index contributed by atoms with van der Waals surface area (Å²) >= 11 is 0. The normalized spacial score (nSPS) is 22.9. The molecule has 0 saturated carbocycles. The second kappa shape index (κ2) is 5.47. The van der Waals surface area contributed by atoms with Gasteiger partial charge in [0.05, 0.1) is 5.66 Å². The van der Waals surface area contributed by atoms with Crippen LogP contribution in [0.5, 0.6) is 0 Å².